The topological polar surface area (TPSA) is 84.9 Å². The first-order valence-electron chi connectivity index (χ1n) is 5.88. The van der Waals surface area contributed by atoms with Gasteiger partial charge < -0.3 is 5.11 Å². The highest BCUT2D eigenvalue weighted by atomic mass is 32.1. The van der Waals surface area contributed by atoms with Crippen molar-refractivity contribution in [2.24, 2.45) is 5.92 Å². The van der Waals surface area contributed by atoms with Crippen LogP contribution in [0.3, 0.4) is 0 Å². The third kappa shape index (κ3) is 3.82. The Bertz CT molecular complexity index is 766. The molecule has 1 N–H and O–H groups in total. The molecule has 1 atom stereocenters. The zero-order valence-corrected chi connectivity index (χ0v) is 12.3. The van der Waals surface area contributed by atoms with Crippen LogP contribution < -0.4 is 0 Å². The third-order valence-electron chi connectivity index (χ3n) is 2.93. The highest BCUT2D eigenvalue weighted by molar-refractivity contribution is 7.12. The predicted molar refractivity (Wildman–Crippen MR) is 64.6 cm³/mol. The lowest BCUT2D eigenvalue weighted by Gasteiger charge is -2.18. The number of thiophene rings is 1. The number of carbonyl (C=O) groups is 1. The second kappa shape index (κ2) is 6.48. The van der Waals surface area contributed by atoms with Crippen LogP contribution in [0, 0.1) is 28.6 Å². The Morgan fingerprint density at radius 1 is 1.04 bits per heavy atom. The van der Waals surface area contributed by atoms with Crippen molar-refractivity contribution in [2.75, 3.05) is 0 Å². The summed E-state index contributed by atoms with van der Waals surface area (Å²) >= 11 is -0.547. The molecule has 0 saturated heterocycles. The molecule has 1 rings (SSSR count). The molecule has 0 aliphatic carbocycles. The number of carboxylic acid groups (broad SMARTS) is 1. The number of aliphatic carboxylic acids is 1. The molecule has 13 heteroatoms. The van der Waals surface area contributed by atoms with Gasteiger partial charge >= 0.3 is 24.2 Å². The fourth-order valence-electron chi connectivity index (χ4n) is 1.73. The Morgan fingerprint density at radius 3 is 1.84 bits per heavy atom. The fourth-order valence-corrected chi connectivity index (χ4v) is 2.96. The lowest BCUT2D eigenvalue weighted by molar-refractivity contribution is -0.287. The normalized spacial score (nSPS) is 13.8. The third-order valence-corrected chi connectivity index (χ3v) is 4.21. The quantitative estimate of drug-likeness (QED) is 0.787. The van der Waals surface area contributed by atoms with Crippen molar-refractivity contribution in [3.8, 4) is 12.1 Å². The van der Waals surface area contributed by atoms with Crippen molar-refractivity contribution in [1.29, 1.82) is 10.5 Å². The van der Waals surface area contributed by atoms with Crippen LogP contribution in [-0.2, 0) is 17.1 Å². The molecule has 0 aliphatic rings. The summed E-state index contributed by atoms with van der Waals surface area (Å²) in [5.41, 5.74) is -2.57. The van der Waals surface area contributed by atoms with Crippen LogP contribution in [0.25, 0.3) is 0 Å². The van der Waals surface area contributed by atoms with Gasteiger partial charge in [0.25, 0.3) is 0 Å². The van der Waals surface area contributed by atoms with Gasteiger partial charge in [0.1, 0.15) is 17.0 Å². The average molecular weight is 392 g/mol. The van der Waals surface area contributed by atoms with Crippen LogP contribution in [0.5, 0.6) is 0 Å². The van der Waals surface area contributed by atoms with E-state index in [-0.39, 0.29) is 0 Å². The molecule has 1 aromatic heterocycles. The second-order valence-corrected chi connectivity index (χ2v) is 5.64. The van der Waals surface area contributed by atoms with E-state index in [0.717, 1.165) is 12.1 Å². The summed E-state index contributed by atoms with van der Waals surface area (Å²) in [6.45, 7) is 0. The summed E-state index contributed by atoms with van der Waals surface area (Å²) < 4.78 is 102. The molecule has 0 amide bonds. The van der Waals surface area contributed by atoms with Crippen molar-refractivity contribution >= 4 is 17.3 Å². The van der Waals surface area contributed by atoms with Crippen LogP contribution in [0.2, 0.25) is 0 Å². The zero-order chi connectivity index (χ0) is 19.8. The molecular weight excluding hydrogens is 388 g/mol. The number of hydrogen-bond acceptors (Lipinski definition) is 4. The number of nitriles is 2. The molecule has 0 bridgehead atoms. The van der Waals surface area contributed by atoms with E-state index in [1.807, 2.05) is 0 Å². The molecular formula is C12H4F8N2O2S. The first-order valence-corrected chi connectivity index (χ1v) is 6.70. The van der Waals surface area contributed by atoms with Gasteiger partial charge in [0.15, 0.2) is 5.92 Å². The lowest BCUT2D eigenvalue weighted by atomic mass is 9.99. The number of halogens is 8. The molecule has 0 aliphatic heterocycles. The van der Waals surface area contributed by atoms with Crippen molar-refractivity contribution in [2.45, 2.75) is 24.7 Å². The van der Waals surface area contributed by atoms with Crippen molar-refractivity contribution in [3.63, 3.8) is 0 Å². The Balaban J connectivity index is 3.59. The van der Waals surface area contributed by atoms with Gasteiger partial charge in [0.2, 0.25) is 0 Å². The standard InChI is InChI=1S/C12H4F8N2O2S/c13-10(14,12(18,19)20)8-5(3-22)4(2-21)7(25-8)1-6(9(23)24)11(15,16)17/h6H,1H2,(H,23,24). The monoisotopic (exact) mass is 392 g/mol. The summed E-state index contributed by atoms with van der Waals surface area (Å²) in [6.07, 6.45) is -13.1. The van der Waals surface area contributed by atoms with Gasteiger partial charge in [-0.3, -0.25) is 4.79 Å². The molecule has 0 spiro atoms. The minimum atomic E-state index is -6.16. The van der Waals surface area contributed by atoms with Crippen molar-refractivity contribution < 1.29 is 45.0 Å². The molecule has 0 radical (unpaired) electrons. The van der Waals surface area contributed by atoms with E-state index in [1.165, 1.54) is 0 Å². The molecule has 0 saturated carbocycles. The SMILES string of the molecule is N#Cc1c(CC(C(=O)O)C(F)(F)F)sc(C(F)(F)C(F)(F)F)c1C#N. The number of hydrogen-bond donors (Lipinski definition) is 1. The molecule has 25 heavy (non-hydrogen) atoms. The van der Waals surface area contributed by atoms with Crippen LogP contribution in [0.4, 0.5) is 35.1 Å². The van der Waals surface area contributed by atoms with Crippen LogP contribution in [0.15, 0.2) is 0 Å². The van der Waals surface area contributed by atoms with Crippen LogP contribution in [-0.4, -0.2) is 23.4 Å². The second-order valence-electron chi connectivity index (χ2n) is 4.54. The first-order chi connectivity index (χ1) is 11.2. The van der Waals surface area contributed by atoms with Crippen molar-refractivity contribution in [3.05, 3.63) is 20.9 Å². The Hall–Kier alpha value is -2.41. The van der Waals surface area contributed by atoms with E-state index in [1.54, 1.807) is 0 Å². The average Bonchev–Trinajstić information content (AvgIpc) is 2.79. The van der Waals surface area contributed by atoms with Crippen molar-refractivity contribution in [1.82, 2.24) is 0 Å². The van der Waals surface area contributed by atoms with Crippen LogP contribution >= 0.6 is 11.3 Å². The van der Waals surface area contributed by atoms with Gasteiger partial charge in [0.05, 0.1) is 11.1 Å². The zero-order valence-electron chi connectivity index (χ0n) is 11.5. The van der Waals surface area contributed by atoms with E-state index in [9.17, 15) is 39.9 Å². The number of rotatable bonds is 4. The summed E-state index contributed by atoms with van der Waals surface area (Å²) in [7, 11) is 0. The fraction of sp³-hybridized carbons (Fsp3) is 0.417. The van der Waals surface area contributed by atoms with E-state index >= 15 is 0 Å². The van der Waals surface area contributed by atoms with Gasteiger partial charge in [-0.25, -0.2) is 0 Å². The van der Waals surface area contributed by atoms with Gasteiger partial charge in [0, 0.05) is 11.3 Å². The van der Waals surface area contributed by atoms with E-state index < -0.39 is 68.8 Å². The van der Waals surface area contributed by atoms with Gasteiger partial charge in [-0.1, -0.05) is 0 Å². The van der Waals surface area contributed by atoms with Crippen LogP contribution in [0.1, 0.15) is 20.9 Å². The number of carboxylic acids is 1. The summed E-state index contributed by atoms with van der Waals surface area (Å²) in [5, 5.41) is 26.1. The molecule has 0 aromatic carbocycles. The van der Waals surface area contributed by atoms with Gasteiger partial charge in [-0.2, -0.15) is 45.6 Å². The molecule has 1 aromatic rings. The molecule has 0 fully saturated rings. The highest BCUT2D eigenvalue weighted by Gasteiger charge is 2.61. The number of alkyl halides is 8. The molecule has 1 heterocycles. The maximum absolute atomic E-state index is 13.5. The van der Waals surface area contributed by atoms with E-state index in [4.69, 9.17) is 15.6 Å². The summed E-state index contributed by atoms with van der Waals surface area (Å²) in [4.78, 5) is 7.72. The van der Waals surface area contributed by atoms with E-state index in [0.29, 0.717) is 0 Å². The Kier molecular flexibility index (Phi) is 5.35. The maximum atomic E-state index is 13.5. The molecule has 136 valence electrons. The molecule has 1 unspecified atom stereocenters. The highest BCUT2D eigenvalue weighted by Crippen LogP contribution is 2.49. The van der Waals surface area contributed by atoms with Gasteiger partial charge in [-0.15, -0.1) is 11.3 Å². The molecule has 4 nitrogen and oxygen atoms in total. The van der Waals surface area contributed by atoms with E-state index in [2.05, 4.69) is 0 Å². The largest absolute Gasteiger partial charge is 0.481 e. The van der Waals surface area contributed by atoms with Gasteiger partial charge in [-0.05, 0) is 0 Å². The lowest BCUT2D eigenvalue weighted by Crippen LogP contribution is -2.33. The first kappa shape index (κ1) is 20.6. The maximum Gasteiger partial charge on any atom is 0.458 e. The summed E-state index contributed by atoms with van der Waals surface area (Å²) in [6, 6.07) is 2.02. The Labute approximate surface area is 137 Å². The smallest absolute Gasteiger partial charge is 0.458 e. The Morgan fingerprint density at radius 2 is 1.52 bits per heavy atom. The minimum absolute atomic E-state index is 0.547. The predicted octanol–water partition coefficient (Wildman–Crippen LogP) is 3.95. The minimum Gasteiger partial charge on any atom is -0.481 e. The number of nitrogens with zero attached hydrogens (tertiary/aromatic N) is 2. The summed E-state index contributed by atoms with van der Waals surface area (Å²) in [5.74, 6) is -11.1.